The number of methoxy groups -OCH3 is 2. The maximum Gasteiger partial charge on any atom is 0.338 e. The highest BCUT2D eigenvalue weighted by molar-refractivity contribution is 5.94. The number of nitrogens with zero attached hydrogens (tertiary/aromatic N) is 2. The number of ether oxygens (including phenoxy) is 3. The van der Waals surface area contributed by atoms with Gasteiger partial charge in [0.05, 0.1) is 32.9 Å². The molecule has 3 rings (SSSR count). The SMILES string of the molecule is CCOC(=O)C1=C(C)N(Cc2ccccc2)C(O)=NC1c1ccc(OC)c(OC)c1. The Morgan fingerprint density at radius 3 is 2.43 bits per heavy atom. The molecule has 0 saturated carbocycles. The van der Waals surface area contributed by atoms with Gasteiger partial charge in [-0.25, -0.2) is 9.79 Å². The molecule has 0 saturated heterocycles. The van der Waals surface area contributed by atoms with Crippen LogP contribution in [0.5, 0.6) is 11.5 Å². The Balaban J connectivity index is 2.06. The molecule has 1 N–H and O–H groups in total. The number of aliphatic hydroxyl groups is 1. The molecule has 1 atom stereocenters. The number of benzene rings is 2. The van der Waals surface area contributed by atoms with Crippen molar-refractivity contribution in [2.24, 2.45) is 4.99 Å². The summed E-state index contributed by atoms with van der Waals surface area (Å²) in [6.07, 6.45) is 0. The highest BCUT2D eigenvalue weighted by Crippen LogP contribution is 2.38. The van der Waals surface area contributed by atoms with Crippen LogP contribution in [-0.2, 0) is 16.1 Å². The highest BCUT2D eigenvalue weighted by atomic mass is 16.5. The van der Waals surface area contributed by atoms with Crippen molar-refractivity contribution in [3.05, 3.63) is 70.9 Å². The molecule has 7 nitrogen and oxygen atoms in total. The van der Waals surface area contributed by atoms with Crippen LogP contribution in [0.3, 0.4) is 0 Å². The van der Waals surface area contributed by atoms with Gasteiger partial charge in [-0.2, -0.15) is 0 Å². The summed E-state index contributed by atoms with van der Waals surface area (Å²) in [6, 6.07) is 14.1. The van der Waals surface area contributed by atoms with E-state index in [-0.39, 0.29) is 12.6 Å². The number of aliphatic imine (C=N–C) groups is 1. The van der Waals surface area contributed by atoms with Crippen LogP contribution in [0.4, 0.5) is 0 Å². The van der Waals surface area contributed by atoms with Crippen molar-refractivity contribution in [2.45, 2.75) is 26.4 Å². The van der Waals surface area contributed by atoms with Crippen molar-refractivity contribution in [1.82, 2.24) is 4.90 Å². The largest absolute Gasteiger partial charge is 0.493 e. The fourth-order valence-electron chi connectivity index (χ4n) is 3.43. The van der Waals surface area contributed by atoms with Gasteiger partial charge in [-0.3, -0.25) is 4.90 Å². The first-order chi connectivity index (χ1) is 14.5. The maximum atomic E-state index is 12.9. The second-order valence-electron chi connectivity index (χ2n) is 6.74. The molecule has 7 heteroatoms. The maximum absolute atomic E-state index is 12.9. The molecule has 158 valence electrons. The summed E-state index contributed by atoms with van der Waals surface area (Å²) in [5.41, 5.74) is 2.62. The van der Waals surface area contributed by atoms with Gasteiger partial charge in [0, 0.05) is 5.70 Å². The van der Waals surface area contributed by atoms with E-state index in [4.69, 9.17) is 14.2 Å². The van der Waals surface area contributed by atoms with Crippen molar-refractivity contribution in [1.29, 1.82) is 0 Å². The molecule has 1 aliphatic heterocycles. The molecular weight excluding hydrogens is 384 g/mol. The minimum atomic E-state index is -0.726. The Morgan fingerprint density at radius 2 is 1.80 bits per heavy atom. The first kappa shape index (κ1) is 21.2. The van der Waals surface area contributed by atoms with E-state index in [1.54, 1.807) is 44.1 Å². The van der Waals surface area contributed by atoms with Gasteiger partial charge in [-0.05, 0) is 37.1 Å². The van der Waals surface area contributed by atoms with E-state index < -0.39 is 12.0 Å². The van der Waals surface area contributed by atoms with Gasteiger partial charge in [0.15, 0.2) is 11.5 Å². The second kappa shape index (κ2) is 9.35. The summed E-state index contributed by atoms with van der Waals surface area (Å²) in [5.74, 6) is 0.607. The van der Waals surface area contributed by atoms with Crippen molar-refractivity contribution >= 4 is 12.0 Å². The van der Waals surface area contributed by atoms with E-state index >= 15 is 0 Å². The van der Waals surface area contributed by atoms with Gasteiger partial charge in [-0.15, -0.1) is 0 Å². The number of hydrogen-bond acceptors (Lipinski definition) is 6. The van der Waals surface area contributed by atoms with Gasteiger partial charge in [0.1, 0.15) is 6.04 Å². The van der Waals surface area contributed by atoms with Crippen LogP contribution in [0, 0.1) is 0 Å². The lowest BCUT2D eigenvalue weighted by Crippen LogP contribution is -2.36. The topological polar surface area (TPSA) is 80.6 Å². The predicted octanol–water partition coefficient (Wildman–Crippen LogP) is 4.01. The molecule has 0 aromatic heterocycles. The van der Waals surface area contributed by atoms with Crippen LogP contribution in [0.2, 0.25) is 0 Å². The molecule has 30 heavy (non-hydrogen) atoms. The summed E-state index contributed by atoms with van der Waals surface area (Å²) < 4.78 is 16.0. The van der Waals surface area contributed by atoms with E-state index in [0.29, 0.717) is 34.9 Å². The fraction of sp³-hybridized carbons (Fsp3) is 0.304. The minimum absolute atomic E-state index is 0.163. The molecule has 1 heterocycles. The molecule has 0 spiro atoms. The number of rotatable bonds is 7. The summed E-state index contributed by atoms with van der Waals surface area (Å²) in [7, 11) is 3.09. The molecule has 2 aromatic carbocycles. The molecule has 0 aliphatic carbocycles. The van der Waals surface area contributed by atoms with Crippen LogP contribution < -0.4 is 9.47 Å². The number of esters is 1. The van der Waals surface area contributed by atoms with E-state index in [0.717, 1.165) is 5.56 Å². The third-order valence-corrected chi connectivity index (χ3v) is 4.96. The summed E-state index contributed by atoms with van der Waals surface area (Å²) >= 11 is 0. The molecule has 1 unspecified atom stereocenters. The van der Waals surface area contributed by atoms with E-state index in [1.807, 2.05) is 30.3 Å². The average molecular weight is 410 g/mol. The van der Waals surface area contributed by atoms with Crippen LogP contribution in [0.1, 0.15) is 31.0 Å². The third-order valence-electron chi connectivity index (χ3n) is 4.96. The number of allylic oxidation sites excluding steroid dienone is 1. The Kier molecular flexibility index (Phi) is 6.61. The van der Waals surface area contributed by atoms with E-state index in [9.17, 15) is 9.90 Å². The number of carbonyl (C=O) groups excluding carboxylic acids is 1. The van der Waals surface area contributed by atoms with Gasteiger partial charge in [0.25, 0.3) is 6.02 Å². The minimum Gasteiger partial charge on any atom is -0.493 e. The van der Waals surface area contributed by atoms with E-state index in [2.05, 4.69) is 4.99 Å². The monoisotopic (exact) mass is 410 g/mol. The Hall–Kier alpha value is -3.48. The molecule has 0 amide bonds. The van der Waals surface area contributed by atoms with Gasteiger partial charge < -0.3 is 19.3 Å². The summed E-state index contributed by atoms with van der Waals surface area (Å²) in [5, 5.41) is 10.7. The fourth-order valence-corrected chi connectivity index (χ4v) is 3.43. The average Bonchev–Trinajstić information content (AvgIpc) is 2.76. The number of carbonyl (C=O) groups is 1. The van der Waals surface area contributed by atoms with Crippen LogP contribution >= 0.6 is 0 Å². The van der Waals surface area contributed by atoms with Crippen molar-refractivity contribution in [3.63, 3.8) is 0 Å². The lowest BCUT2D eigenvalue weighted by Gasteiger charge is -2.32. The van der Waals surface area contributed by atoms with Gasteiger partial charge >= 0.3 is 5.97 Å². The van der Waals surface area contributed by atoms with Crippen LogP contribution in [0.25, 0.3) is 0 Å². The lowest BCUT2D eigenvalue weighted by atomic mass is 9.95. The molecule has 0 radical (unpaired) electrons. The zero-order valence-electron chi connectivity index (χ0n) is 17.6. The first-order valence-electron chi connectivity index (χ1n) is 9.68. The molecule has 0 fully saturated rings. The summed E-state index contributed by atoms with van der Waals surface area (Å²) in [6.45, 7) is 4.16. The molecule has 1 aliphatic rings. The smallest absolute Gasteiger partial charge is 0.338 e. The normalized spacial score (nSPS) is 16.2. The molecule has 2 aromatic rings. The first-order valence-corrected chi connectivity index (χ1v) is 9.68. The van der Waals surface area contributed by atoms with Crippen molar-refractivity contribution < 1.29 is 24.1 Å². The number of aliphatic hydroxyl groups excluding tert-OH is 1. The Labute approximate surface area is 176 Å². The highest BCUT2D eigenvalue weighted by Gasteiger charge is 2.34. The zero-order chi connectivity index (χ0) is 21.7. The van der Waals surface area contributed by atoms with Gasteiger partial charge in [-0.1, -0.05) is 36.4 Å². The van der Waals surface area contributed by atoms with Crippen molar-refractivity contribution in [2.75, 3.05) is 20.8 Å². The molecular formula is C23H26N2O5. The molecule has 0 bridgehead atoms. The van der Waals surface area contributed by atoms with Crippen LogP contribution in [0.15, 0.2) is 64.8 Å². The quantitative estimate of drug-likeness (QED) is 0.695. The Bertz CT molecular complexity index is 969. The Morgan fingerprint density at radius 1 is 1.10 bits per heavy atom. The third kappa shape index (κ3) is 4.25. The predicted molar refractivity (Wildman–Crippen MR) is 114 cm³/mol. The van der Waals surface area contributed by atoms with Crippen molar-refractivity contribution in [3.8, 4) is 11.5 Å². The van der Waals surface area contributed by atoms with Gasteiger partial charge in [0.2, 0.25) is 0 Å². The second-order valence-corrected chi connectivity index (χ2v) is 6.74. The van der Waals surface area contributed by atoms with E-state index in [1.165, 1.54) is 7.11 Å². The number of amidine groups is 1. The standard InChI is InChI=1S/C23H26N2O5/c1-5-30-22(26)20-15(2)25(14-16-9-7-6-8-10-16)23(27)24-21(20)17-11-12-18(28-3)19(13-17)29-4/h6-13,21H,5,14H2,1-4H3,(H,24,27). The summed E-state index contributed by atoms with van der Waals surface area (Å²) in [4.78, 5) is 18.9. The van der Waals surface area contributed by atoms with Crippen LogP contribution in [-0.4, -0.2) is 42.8 Å². The number of hydrogen-bond donors (Lipinski definition) is 1. The zero-order valence-corrected chi connectivity index (χ0v) is 17.6. The lowest BCUT2D eigenvalue weighted by molar-refractivity contribution is -0.139.